The Balaban J connectivity index is 1.53. The van der Waals surface area contributed by atoms with Crippen LogP contribution in [0, 0.1) is 11.6 Å². The summed E-state index contributed by atoms with van der Waals surface area (Å²) < 4.78 is 34.9. The largest absolute Gasteiger partial charge is 0.458 e. The van der Waals surface area contributed by atoms with Gasteiger partial charge >= 0.3 is 0 Å². The molecular formula is C20H19BrF2N4O2. The second-order valence-electron chi connectivity index (χ2n) is 7.02. The van der Waals surface area contributed by atoms with Crippen LogP contribution < -0.4 is 10.6 Å². The predicted molar refractivity (Wildman–Crippen MR) is 106 cm³/mol. The second kappa shape index (κ2) is 8.08. The van der Waals surface area contributed by atoms with Crippen LogP contribution in [0.15, 0.2) is 45.6 Å². The van der Waals surface area contributed by atoms with Gasteiger partial charge < -0.3 is 15.1 Å². The number of benzene rings is 1. The minimum absolute atomic E-state index is 0.129. The summed E-state index contributed by atoms with van der Waals surface area (Å²) in [6.07, 6.45) is 3.87. The van der Waals surface area contributed by atoms with Gasteiger partial charge in [0.1, 0.15) is 6.26 Å². The van der Waals surface area contributed by atoms with Crippen molar-refractivity contribution >= 4 is 21.8 Å². The number of hydrogen-bond donors (Lipinski definition) is 2. The first kappa shape index (κ1) is 19.8. The van der Waals surface area contributed by atoms with E-state index in [4.69, 9.17) is 4.42 Å². The predicted octanol–water partition coefficient (Wildman–Crippen LogP) is 3.60. The number of hydrogen-bond acceptors (Lipinski definition) is 4. The van der Waals surface area contributed by atoms with Crippen LogP contribution in [0.4, 0.5) is 8.78 Å². The number of piperidine rings is 1. The van der Waals surface area contributed by atoms with Gasteiger partial charge in [-0.2, -0.15) is 5.10 Å². The molecule has 0 radical (unpaired) electrons. The summed E-state index contributed by atoms with van der Waals surface area (Å²) in [7, 11) is 1.80. The van der Waals surface area contributed by atoms with Crippen LogP contribution in [0.2, 0.25) is 0 Å². The molecule has 1 fully saturated rings. The summed E-state index contributed by atoms with van der Waals surface area (Å²) in [5.41, 5.74) is 2.18. The Morgan fingerprint density at radius 2 is 2.17 bits per heavy atom. The molecule has 3 aromatic rings. The van der Waals surface area contributed by atoms with Crippen molar-refractivity contribution in [2.75, 3.05) is 13.1 Å². The summed E-state index contributed by atoms with van der Waals surface area (Å²) in [5, 5.41) is 10.3. The third-order valence-electron chi connectivity index (χ3n) is 5.16. The fourth-order valence-corrected chi connectivity index (χ4v) is 4.28. The minimum atomic E-state index is -0.886. The molecule has 29 heavy (non-hydrogen) atoms. The van der Waals surface area contributed by atoms with Crippen LogP contribution in [-0.2, 0) is 7.05 Å². The maximum Gasteiger partial charge on any atom is 0.287 e. The Kier molecular flexibility index (Phi) is 5.51. The molecule has 1 amide bonds. The number of nitrogens with one attached hydrogen (secondary N) is 2. The van der Waals surface area contributed by atoms with Crippen LogP contribution in [0.25, 0.3) is 11.3 Å². The van der Waals surface area contributed by atoms with Crippen LogP contribution in [0.5, 0.6) is 0 Å². The third kappa shape index (κ3) is 3.97. The van der Waals surface area contributed by atoms with Gasteiger partial charge in [0.15, 0.2) is 17.4 Å². The highest BCUT2D eigenvalue weighted by Gasteiger charge is 2.29. The monoisotopic (exact) mass is 464 g/mol. The molecule has 152 valence electrons. The lowest BCUT2D eigenvalue weighted by Crippen LogP contribution is -2.50. The number of nitrogens with zero attached hydrogens (tertiary/aromatic N) is 2. The van der Waals surface area contributed by atoms with Gasteiger partial charge in [-0.1, -0.05) is 6.07 Å². The number of rotatable bonds is 4. The van der Waals surface area contributed by atoms with Crippen molar-refractivity contribution < 1.29 is 18.0 Å². The molecule has 0 bridgehead atoms. The lowest BCUT2D eigenvalue weighted by atomic mass is 9.86. The number of aromatic nitrogens is 2. The molecule has 3 heterocycles. The van der Waals surface area contributed by atoms with Crippen LogP contribution in [0.1, 0.15) is 28.5 Å². The molecule has 1 aliphatic rings. The Morgan fingerprint density at radius 3 is 2.90 bits per heavy atom. The van der Waals surface area contributed by atoms with Crippen molar-refractivity contribution in [3.8, 4) is 11.3 Å². The quantitative estimate of drug-likeness (QED) is 0.618. The minimum Gasteiger partial charge on any atom is -0.458 e. The topological polar surface area (TPSA) is 72.1 Å². The van der Waals surface area contributed by atoms with E-state index in [-0.39, 0.29) is 23.6 Å². The van der Waals surface area contributed by atoms with E-state index >= 15 is 0 Å². The first-order valence-corrected chi connectivity index (χ1v) is 9.96. The first-order chi connectivity index (χ1) is 13.9. The smallest absolute Gasteiger partial charge is 0.287 e. The molecule has 2 aromatic heterocycles. The van der Waals surface area contributed by atoms with E-state index in [0.29, 0.717) is 18.5 Å². The highest BCUT2D eigenvalue weighted by atomic mass is 79.9. The van der Waals surface area contributed by atoms with Crippen LogP contribution >= 0.6 is 15.9 Å². The standard InChI is InChI=1S/C20H19BrF2N4O2/c1-27-19(14(21)8-25-27)12-7-18(29-10-12)20(28)26-17-9-24-5-4-13(17)11-2-3-15(22)16(23)6-11/h2-3,6-8,10,13,17,24H,4-5,9H2,1H3,(H,26,28)/t13-,17+/m1/s1. The van der Waals surface area contributed by atoms with Gasteiger partial charge in [-0.15, -0.1) is 0 Å². The van der Waals surface area contributed by atoms with Gasteiger partial charge in [0.05, 0.1) is 16.4 Å². The first-order valence-electron chi connectivity index (χ1n) is 9.17. The summed E-state index contributed by atoms with van der Waals surface area (Å²) >= 11 is 3.43. The maximum absolute atomic E-state index is 13.7. The average molecular weight is 465 g/mol. The fourth-order valence-electron chi connectivity index (χ4n) is 3.71. The molecular weight excluding hydrogens is 446 g/mol. The Hall–Kier alpha value is -2.52. The van der Waals surface area contributed by atoms with E-state index in [1.54, 1.807) is 30.1 Å². The number of furan rings is 1. The van der Waals surface area contributed by atoms with Crippen molar-refractivity contribution in [3.05, 3.63) is 64.2 Å². The molecule has 1 aliphatic heterocycles. The highest BCUT2D eigenvalue weighted by molar-refractivity contribution is 9.10. The van der Waals surface area contributed by atoms with E-state index in [9.17, 15) is 13.6 Å². The molecule has 9 heteroatoms. The highest BCUT2D eigenvalue weighted by Crippen LogP contribution is 2.30. The van der Waals surface area contributed by atoms with Gasteiger partial charge in [0.2, 0.25) is 0 Å². The number of carbonyl (C=O) groups is 1. The summed E-state index contributed by atoms with van der Waals surface area (Å²) in [4.78, 5) is 12.8. The number of halogens is 3. The number of aryl methyl sites for hydroxylation is 1. The van der Waals surface area contributed by atoms with Gasteiger partial charge in [0.25, 0.3) is 5.91 Å². The summed E-state index contributed by atoms with van der Waals surface area (Å²) in [6, 6.07) is 5.27. The van der Waals surface area contributed by atoms with E-state index in [1.807, 2.05) is 0 Å². The number of carbonyl (C=O) groups excluding carboxylic acids is 1. The van der Waals surface area contributed by atoms with Crippen molar-refractivity contribution in [2.45, 2.75) is 18.4 Å². The lowest BCUT2D eigenvalue weighted by molar-refractivity contribution is 0.0896. The molecule has 2 atom stereocenters. The second-order valence-corrected chi connectivity index (χ2v) is 7.87. The van der Waals surface area contributed by atoms with Gasteiger partial charge in [0, 0.05) is 31.1 Å². The molecule has 0 spiro atoms. The van der Waals surface area contributed by atoms with Gasteiger partial charge in [-0.05, 0) is 52.7 Å². The zero-order chi connectivity index (χ0) is 20.5. The normalized spacial score (nSPS) is 19.3. The number of amides is 1. The van der Waals surface area contributed by atoms with E-state index in [1.165, 1.54) is 12.3 Å². The Morgan fingerprint density at radius 1 is 1.34 bits per heavy atom. The molecule has 0 aliphatic carbocycles. The zero-order valence-corrected chi connectivity index (χ0v) is 17.2. The molecule has 4 rings (SSSR count). The molecule has 0 unspecified atom stereocenters. The van der Waals surface area contributed by atoms with Crippen molar-refractivity contribution in [1.82, 2.24) is 20.4 Å². The molecule has 2 N–H and O–H groups in total. The third-order valence-corrected chi connectivity index (χ3v) is 5.74. The van der Waals surface area contributed by atoms with Crippen molar-refractivity contribution in [1.29, 1.82) is 0 Å². The zero-order valence-electron chi connectivity index (χ0n) is 15.6. The molecule has 6 nitrogen and oxygen atoms in total. The average Bonchev–Trinajstić information content (AvgIpc) is 3.31. The van der Waals surface area contributed by atoms with E-state index in [0.717, 1.165) is 28.3 Å². The molecule has 0 saturated carbocycles. The van der Waals surface area contributed by atoms with E-state index < -0.39 is 11.6 Å². The summed E-state index contributed by atoms with van der Waals surface area (Å²) in [5.74, 6) is -2.09. The lowest BCUT2D eigenvalue weighted by Gasteiger charge is -2.33. The van der Waals surface area contributed by atoms with Gasteiger partial charge in [-0.3, -0.25) is 9.48 Å². The maximum atomic E-state index is 13.7. The van der Waals surface area contributed by atoms with E-state index in [2.05, 4.69) is 31.7 Å². The molecule has 1 aromatic carbocycles. The summed E-state index contributed by atoms with van der Waals surface area (Å²) in [6.45, 7) is 1.26. The Labute approximate surface area is 174 Å². The van der Waals surface area contributed by atoms with Crippen molar-refractivity contribution in [3.63, 3.8) is 0 Å². The van der Waals surface area contributed by atoms with Crippen LogP contribution in [-0.4, -0.2) is 34.8 Å². The SMILES string of the molecule is Cn1ncc(Br)c1-c1coc(C(=O)N[C@H]2CNCC[C@@H]2c2ccc(F)c(F)c2)c1. The van der Waals surface area contributed by atoms with Gasteiger partial charge in [-0.25, -0.2) is 8.78 Å². The van der Waals surface area contributed by atoms with Crippen molar-refractivity contribution in [2.24, 2.45) is 7.05 Å². The van der Waals surface area contributed by atoms with Crippen LogP contribution in [0.3, 0.4) is 0 Å². The molecule has 1 saturated heterocycles. The Bertz CT molecular complexity index is 1030. The fraction of sp³-hybridized carbons (Fsp3) is 0.300.